The van der Waals surface area contributed by atoms with Gasteiger partial charge in [0.05, 0.1) is 7.11 Å². The number of nitrogens with zero attached hydrogens (tertiary/aromatic N) is 2. The molecule has 21 heavy (non-hydrogen) atoms. The molecule has 0 heterocycles. The van der Waals surface area contributed by atoms with Crippen LogP contribution in [0.5, 0.6) is 5.75 Å². The monoisotopic (exact) mass is 403 g/mol. The number of benzene rings is 1. The molecule has 5 heteroatoms. The molecule has 0 aliphatic heterocycles. The Hall–Kier alpha value is -0.980. The zero-order chi connectivity index (χ0) is 14.4. The summed E-state index contributed by atoms with van der Waals surface area (Å²) in [6, 6.07) is 8.19. The van der Waals surface area contributed by atoms with Gasteiger partial charge in [-0.25, -0.2) is 0 Å². The number of aliphatic imine (C=N–C) groups is 1. The first-order valence-corrected chi connectivity index (χ1v) is 7.35. The molecule has 0 atom stereocenters. The maximum Gasteiger partial charge on any atom is 0.193 e. The van der Waals surface area contributed by atoms with Gasteiger partial charge in [0.25, 0.3) is 0 Å². The van der Waals surface area contributed by atoms with E-state index in [0.29, 0.717) is 0 Å². The predicted octanol–water partition coefficient (Wildman–Crippen LogP) is 3.12. The number of guanidine groups is 1. The Labute approximate surface area is 145 Å². The lowest BCUT2D eigenvalue weighted by molar-refractivity contribution is 0.414. The van der Waals surface area contributed by atoms with Crippen molar-refractivity contribution in [2.45, 2.75) is 26.3 Å². The molecule has 2 rings (SSSR count). The summed E-state index contributed by atoms with van der Waals surface area (Å²) in [6.45, 7) is 4.81. The Morgan fingerprint density at radius 1 is 1.33 bits per heavy atom. The summed E-state index contributed by atoms with van der Waals surface area (Å²) in [4.78, 5) is 6.89. The highest BCUT2D eigenvalue weighted by molar-refractivity contribution is 14.0. The summed E-state index contributed by atoms with van der Waals surface area (Å²) in [5, 5.41) is 3.36. The zero-order valence-electron chi connectivity index (χ0n) is 13.1. The summed E-state index contributed by atoms with van der Waals surface area (Å²) in [6.07, 6.45) is 2.68. The standard InChI is InChI=1S/C16H25N3O.HI/c1-4-17-16(18-11-13-5-6-13)19(2)12-14-7-9-15(20-3)10-8-14;/h7-10,13H,4-6,11-12H2,1-3H3,(H,17,18);1H. The van der Waals surface area contributed by atoms with Crippen molar-refractivity contribution in [2.24, 2.45) is 10.9 Å². The van der Waals surface area contributed by atoms with E-state index in [-0.39, 0.29) is 24.0 Å². The molecule has 1 aliphatic rings. The molecule has 0 bridgehead atoms. The van der Waals surface area contributed by atoms with Crippen molar-refractivity contribution in [3.8, 4) is 5.75 Å². The van der Waals surface area contributed by atoms with Crippen LogP contribution in [0.4, 0.5) is 0 Å². The van der Waals surface area contributed by atoms with Gasteiger partial charge >= 0.3 is 0 Å². The molecule has 0 unspecified atom stereocenters. The van der Waals surface area contributed by atoms with Gasteiger partial charge in [-0.3, -0.25) is 4.99 Å². The van der Waals surface area contributed by atoms with Crippen molar-refractivity contribution in [1.29, 1.82) is 0 Å². The first kappa shape index (κ1) is 18.1. The van der Waals surface area contributed by atoms with Crippen LogP contribution >= 0.6 is 24.0 Å². The van der Waals surface area contributed by atoms with Gasteiger partial charge in [-0.1, -0.05) is 12.1 Å². The van der Waals surface area contributed by atoms with E-state index >= 15 is 0 Å². The number of hydrogen-bond donors (Lipinski definition) is 1. The van der Waals surface area contributed by atoms with E-state index in [0.717, 1.165) is 37.3 Å². The Bertz CT molecular complexity index is 443. The van der Waals surface area contributed by atoms with Gasteiger partial charge in [0.1, 0.15) is 5.75 Å². The Kier molecular flexibility index (Phi) is 7.85. The topological polar surface area (TPSA) is 36.9 Å². The van der Waals surface area contributed by atoms with Crippen LogP contribution in [0.3, 0.4) is 0 Å². The maximum absolute atomic E-state index is 5.18. The van der Waals surface area contributed by atoms with Crippen LogP contribution in [0.2, 0.25) is 0 Å². The minimum absolute atomic E-state index is 0. The van der Waals surface area contributed by atoms with Gasteiger partial charge in [0.2, 0.25) is 0 Å². The van der Waals surface area contributed by atoms with Crippen LogP contribution in [0.25, 0.3) is 0 Å². The molecule has 0 aromatic heterocycles. The van der Waals surface area contributed by atoms with Crippen molar-refractivity contribution < 1.29 is 4.74 Å². The second-order valence-corrected chi connectivity index (χ2v) is 5.34. The van der Waals surface area contributed by atoms with Crippen LogP contribution in [-0.2, 0) is 6.54 Å². The molecule has 4 nitrogen and oxygen atoms in total. The number of rotatable bonds is 6. The molecular weight excluding hydrogens is 377 g/mol. The van der Waals surface area contributed by atoms with Crippen molar-refractivity contribution in [2.75, 3.05) is 27.2 Å². The molecule has 1 aliphatic carbocycles. The lowest BCUT2D eigenvalue weighted by Crippen LogP contribution is -2.38. The maximum atomic E-state index is 5.18. The van der Waals surface area contributed by atoms with E-state index in [4.69, 9.17) is 9.73 Å². The SMILES string of the molecule is CCNC(=NCC1CC1)N(C)Cc1ccc(OC)cc1.I. The number of halogens is 1. The second-order valence-electron chi connectivity index (χ2n) is 5.34. The summed E-state index contributed by atoms with van der Waals surface area (Å²) < 4.78 is 5.18. The van der Waals surface area contributed by atoms with Gasteiger partial charge in [-0.05, 0) is 43.4 Å². The fourth-order valence-corrected chi connectivity index (χ4v) is 2.07. The highest BCUT2D eigenvalue weighted by Gasteiger charge is 2.21. The second kappa shape index (κ2) is 9.12. The minimum Gasteiger partial charge on any atom is -0.497 e. The zero-order valence-corrected chi connectivity index (χ0v) is 15.5. The smallest absolute Gasteiger partial charge is 0.193 e. The molecule has 1 aromatic carbocycles. The molecule has 118 valence electrons. The lowest BCUT2D eigenvalue weighted by atomic mass is 10.2. The first-order valence-electron chi connectivity index (χ1n) is 7.35. The Balaban J connectivity index is 0.00000220. The molecule has 0 radical (unpaired) electrons. The van der Waals surface area contributed by atoms with Crippen LogP contribution in [0.1, 0.15) is 25.3 Å². The average Bonchev–Trinajstić information content (AvgIpc) is 3.28. The number of ether oxygens (including phenoxy) is 1. The van der Waals surface area contributed by atoms with Crippen molar-refractivity contribution in [3.05, 3.63) is 29.8 Å². The summed E-state index contributed by atoms with van der Waals surface area (Å²) in [7, 11) is 3.77. The summed E-state index contributed by atoms with van der Waals surface area (Å²) in [5.74, 6) is 2.71. The van der Waals surface area contributed by atoms with Crippen LogP contribution in [-0.4, -0.2) is 38.1 Å². The fourth-order valence-electron chi connectivity index (χ4n) is 2.07. The van der Waals surface area contributed by atoms with Gasteiger partial charge in [0.15, 0.2) is 5.96 Å². The lowest BCUT2D eigenvalue weighted by Gasteiger charge is -2.22. The van der Waals surface area contributed by atoms with Crippen molar-refractivity contribution >= 4 is 29.9 Å². The van der Waals surface area contributed by atoms with E-state index in [1.165, 1.54) is 18.4 Å². The normalized spacial score (nSPS) is 14.3. The predicted molar refractivity (Wildman–Crippen MR) is 98.6 cm³/mol. The average molecular weight is 403 g/mol. The highest BCUT2D eigenvalue weighted by atomic mass is 127. The molecular formula is C16H26IN3O. The third kappa shape index (κ3) is 6.11. The molecule has 1 N–H and O–H groups in total. The largest absolute Gasteiger partial charge is 0.497 e. The Morgan fingerprint density at radius 3 is 2.52 bits per heavy atom. The molecule has 1 fully saturated rings. The van der Waals surface area contributed by atoms with Crippen molar-refractivity contribution in [1.82, 2.24) is 10.2 Å². The van der Waals surface area contributed by atoms with E-state index < -0.39 is 0 Å². The molecule has 1 aromatic rings. The molecule has 1 saturated carbocycles. The quantitative estimate of drug-likeness (QED) is 0.451. The third-order valence-corrected chi connectivity index (χ3v) is 3.47. The van der Waals surface area contributed by atoms with Gasteiger partial charge in [0, 0.05) is 26.7 Å². The fraction of sp³-hybridized carbons (Fsp3) is 0.562. The molecule has 0 saturated heterocycles. The van der Waals surface area contributed by atoms with E-state index in [9.17, 15) is 0 Å². The van der Waals surface area contributed by atoms with Crippen LogP contribution in [0, 0.1) is 5.92 Å². The van der Waals surface area contributed by atoms with E-state index in [2.05, 4.69) is 36.3 Å². The van der Waals surface area contributed by atoms with Crippen LogP contribution < -0.4 is 10.1 Å². The van der Waals surface area contributed by atoms with Gasteiger partial charge in [-0.2, -0.15) is 0 Å². The third-order valence-electron chi connectivity index (χ3n) is 3.47. The molecule has 0 amide bonds. The van der Waals surface area contributed by atoms with Gasteiger partial charge in [-0.15, -0.1) is 24.0 Å². The number of nitrogens with one attached hydrogen (secondary N) is 1. The van der Waals surface area contributed by atoms with E-state index in [1.807, 2.05) is 12.1 Å². The van der Waals surface area contributed by atoms with Gasteiger partial charge < -0.3 is 15.0 Å². The number of methoxy groups -OCH3 is 1. The van der Waals surface area contributed by atoms with Crippen molar-refractivity contribution in [3.63, 3.8) is 0 Å². The highest BCUT2D eigenvalue weighted by Crippen LogP contribution is 2.28. The summed E-state index contributed by atoms with van der Waals surface area (Å²) >= 11 is 0. The van der Waals surface area contributed by atoms with Crippen LogP contribution in [0.15, 0.2) is 29.3 Å². The molecule has 0 spiro atoms. The minimum atomic E-state index is 0. The Morgan fingerprint density at radius 2 is 2.00 bits per heavy atom. The summed E-state index contributed by atoms with van der Waals surface area (Å²) in [5.41, 5.74) is 1.25. The van der Waals surface area contributed by atoms with E-state index in [1.54, 1.807) is 7.11 Å². The number of hydrogen-bond acceptors (Lipinski definition) is 2. The first-order chi connectivity index (χ1) is 9.72.